The third kappa shape index (κ3) is 6.72. The molecule has 0 saturated heterocycles. The Kier molecular flexibility index (Phi) is 9.90. The maximum Gasteiger partial charge on any atom is 0.336 e. The first kappa shape index (κ1) is 26.5. The number of benzene rings is 2. The second-order valence-corrected chi connectivity index (χ2v) is 8.34. The van der Waals surface area contributed by atoms with Gasteiger partial charge >= 0.3 is 11.9 Å². The zero-order valence-corrected chi connectivity index (χ0v) is 21.0. The van der Waals surface area contributed by atoms with E-state index in [4.69, 9.17) is 25.8 Å². The first-order valence-electron chi connectivity index (χ1n) is 11.5. The number of hydrogen-bond donors (Lipinski definition) is 2. The fourth-order valence-corrected chi connectivity index (χ4v) is 4.25. The molecule has 2 aromatic rings. The van der Waals surface area contributed by atoms with E-state index in [0.717, 1.165) is 6.54 Å². The van der Waals surface area contributed by atoms with Crippen LogP contribution in [0.5, 0.6) is 0 Å². The fourth-order valence-electron chi connectivity index (χ4n) is 4.01. The maximum absolute atomic E-state index is 13.2. The number of carbonyl (C=O) groups excluding carboxylic acids is 2. The molecule has 0 saturated carbocycles. The molecule has 0 aliphatic carbocycles. The van der Waals surface area contributed by atoms with Gasteiger partial charge in [-0.05, 0) is 31.0 Å². The summed E-state index contributed by atoms with van der Waals surface area (Å²) in [5, 5.41) is 6.94. The Morgan fingerprint density at radius 2 is 1.74 bits per heavy atom. The van der Waals surface area contributed by atoms with Crippen LogP contribution in [0.4, 0.5) is 0 Å². The van der Waals surface area contributed by atoms with Crippen LogP contribution in [-0.2, 0) is 30.3 Å². The Morgan fingerprint density at radius 3 is 2.43 bits per heavy atom. The topological polar surface area (TPSA) is 85.9 Å². The molecule has 0 spiro atoms. The van der Waals surface area contributed by atoms with Crippen LogP contribution in [0.3, 0.4) is 0 Å². The van der Waals surface area contributed by atoms with Crippen molar-refractivity contribution in [3.05, 3.63) is 93.3 Å². The number of carbonyl (C=O) groups is 2. The molecule has 0 amide bonds. The fraction of sp³-hybridized carbons (Fsp3) is 0.333. The van der Waals surface area contributed by atoms with Crippen LogP contribution < -0.4 is 10.6 Å². The molecule has 35 heavy (non-hydrogen) atoms. The summed E-state index contributed by atoms with van der Waals surface area (Å²) in [6.45, 7) is 5.61. The van der Waals surface area contributed by atoms with Crippen LogP contribution in [0.15, 0.2) is 77.1 Å². The highest BCUT2D eigenvalue weighted by Gasteiger charge is 2.39. The zero-order valence-electron chi connectivity index (χ0n) is 20.2. The summed E-state index contributed by atoms with van der Waals surface area (Å²) in [5.41, 5.74) is 3.48. The Morgan fingerprint density at radius 1 is 1.03 bits per heavy atom. The van der Waals surface area contributed by atoms with Gasteiger partial charge in [0.2, 0.25) is 0 Å². The molecule has 3 rings (SSSR count). The number of allylic oxidation sites excluding steroid dienone is 1. The predicted octanol–water partition coefficient (Wildman–Crippen LogP) is 4.10. The highest BCUT2D eigenvalue weighted by Crippen LogP contribution is 2.41. The number of hydrogen-bond acceptors (Lipinski definition) is 7. The van der Waals surface area contributed by atoms with Crippen molar-refractivity contribution in [2.75, 3.05) is 33.5 Å². The number of nitrogens with one attached hydrogen (secondary N) is 2. The number of rotatable bonds is 11. The number of halogens is 1. The molecule has 2 N–H and O–H groups in total. The Bertz CT molecular complexity index is 1100. The monoisotopic (exact) mass is 498 g/mol. The predicted molar refractivity (Wildman–Crippen MR) is 135 cm³/mol. The van der Waals surface area contributed by atoms with Gasteiger partial charge in [-0.15, -0.1) is 0 Å². The van der Waals surface area contributed by atoms with E-state index in [-0.39, 0.29) is 18.8 Å². The largest absolute Gasteiger partial charge is 0.466 e. The van der Waals surface area contributed by atoms with Gasteiger partial charge in [0, 0.05) is 23.8 Å². The van der Waals surface area contributed by atoms with E-state index in [2.05, 4.69) is 22.8 Å². The van der Waals surface area contributed by atoms with E-state index in [1.165, 1.54) is 12.7 Å². The van der Waals surface area contributed by atoms with Crippen LogP contribution in [0.2, 0.25) is 5.02 Å². The molecule has 1 unspecified atom stereocenters. The number of dihydropyridines is 1. The average molecular weight is 499 g/mol. The second kappa shape index (κ2) is 13.1. The lowest BCUT2D eigenvalue weighted by molar-refractivity contribution is -0.139. The van der Waals surface area contributed by atoms with Crippen LogP contribution >= 0.6 is 11.6 Å². The van der Waals surface area contributed by atoms with Crippen molar-refractivity contribution in [3.63, 3.8) is 0 Å². The molecule has 186 valence electrons. The highest BCUT2D eigenvalue weighted by molar-refractivity contribution is 6.31. The van der Waals surface area contributed by atoms with E-state index >= 15 is 0 Å². The van der Waals surface area contributed by atoms with E-state index in [1.807, 2.05) is 24.3 Å². The summed E-state index contributed by atoms with van der Waals surface area (Å²) in [6.07, 6.45) is 0. The van der Waals surface area contributed by atoms with Crippen LogP contribution in [-0.4, -0.2) is 45.4 Å². The van der Waals surface area contributed by atoms with Gasteiger partial charge in [0.1, 0.15) is 0 Å². The van der Waals surface area contributed by atoms with Crippen molar-refractivity contribution >= 4 is 23.5 Å². The standard InChI is InChI=1S/C27H31ClN2O5/c1-4-35-27(32)25-22(17-34-15-14-29-16-19-10-6-5-7-11-19)30-18(2)23(26(31)33-3)24(25)20-12-8-9-13-21(20)28/h5-13,24,29-30H,4,14-17H2,1-3H3. The SMILES string of the molecule is CCOC(=O)C1=C(COCCNCc2ccccc2)NC(C)=C(C(=O)OC)C1c1ccccc1Cl. The van der Waals surface area contributed by atoms with Gasteiger partial charge < -0.3 is 24.8 Å². The van der Waals surface area contributed by atoms with Gasteiger partial charge in [0.15, 0.2) is 0 Å². The summed E-state index contributed by atoms with van der Waals surface area (Å²) in [4.78, 5) is 25.9. The summed E-state index contributed by atoms with van der Waals surface area (Å²) in [6, 6.07) is 17.2. The lowest BCUT2D eigenvalue weighted by Gasteiger charge is -2.31. The number of methoxy groups -OCH3 is 1. The van der Waals surface area contributed by atoms with Crippen molar-refractivity contribution in [2.24, 2.45) is 0 Å². The summed E-state index contributed by atoms with van der Waals surface area (Å²) >= 11 is 6.52. The Balaban J connectivity index is 1.83. The highest BCUT2D eigenvalue weighted by atomic mass is 35.5. The average Bonchev–Trinajstić information content (AvgIpc) is 2.86. The summed E-state index contributed by atoms with van der Waals surface area (Å²) in [5.74, 6) is -1.85. The van der Waals surface area contributed by atoms with E-state index in [9.17, 15) is 9.59 Å². The van der Waals surface area contributed by atoms with Crippen molar-refractivity contribution in [2.45, 2.75) is 26.3 Å². The van der Waals surface area contributed by atoms with Crippen molar-refractivity contribution in [1.82, 2.24) is 10.6 Å². The Labute approximate surface area is 211 Å². The lowest BCUT2D eigenvalue weighted by atomic mass is 9.80. The van der Waals surface area contributed by atoms with Gasteiger partial charge in [-0.3, -0.25) is 0 Å². The molecule has 1 aliphatic heterocycles. The minimum absolute atomic E-state index is 0.133. The zero-order chi connectivity index (χ0) is 25.2. The van der Waals surface area contributed by atoms with Gasteiger partial charge in [-0.1, -0.05) is 60.1 Å². The molecule has 1 atom stereocenters. The quantitative estimate of drug-likeness (QED) is 0.356. The molecule has 0 bridgehead atoms. The van der Waals surface area contributed by atoms with Gasteiger partial charge in [-0.2, -0.15) is 0 Å². The molecule has 2 aromatic carbocycles. The van der Waals surface area contributed by atoms with Gasteiger partial charge in [0.25, 0.3) is 0 Å². The van der Waals surface area contributed by atoms with Gasteiger partial charge in [0.05, 0.1) is 49.7 Å². The van der Waals surface area contributed by atoms with Crippen LogP contribution in [0.25, 0.3) is 0 Å². The summed E-state index contributed by atoms with van der Waals surface area (Å²) < 4.78 is 16.3. The first-order valence-corrected chi connectivity index (χ1v) is 11.9. The van der Waals surface area contributed by atoms with E-state index in [1.54, 1.807) is 32.0 Å². The summed E-state index contributed by atoms with van der Waals surface area (Å²) in [7, 11) is 1.31. The van der Waals surface area contributed by atoms with Crippen LogP contribution in [0, 0.1) is 0 Å². The van der Waals surface area contributed by atoms with Crippen molar-refractivity contribution in [3.8, 4) is 0 Å². The normalized spacial score (nSPS) is 15.6. The molecule has 0 radical (unpaired) electrons. The van der Waals surface area contributed by atoms with E-state index < -0.39 is 17.9 Å². The first-order chi connectivity index (χ1) is 17.0. The van der Waals surface area contributed by atoms with Crippen molar-refractivity contribution < 1.29 is 23.8 Å². The molecular weight excluding hydrogens is 468 g/mol. The molecular formula is C27H31ClN2O5. The molecule has 0 fully saturated rings. The minimum atomic E-state index is -0.758. The number of ether oxygens (including phenoxy) is 3. The molecule has 7 nitrogen and oxygen atoms in total. The van der Waals surface area contributed by atoms with E-state index in [0.29, 0.717) is 40.7 Å². The second-order valence-electron chi connectivity index (χ2n) is 7.94. The Hall–Kier alpha value is -3.13. The maximum atomic E-state index is 13.2. The molecule has 0 aromatic heterocycles. The molecule has 1 heterocycles. The third-order valence-corrected chi connectivity index (χ3v) is 5.95. The smallest absolute Gasteiger partial charge is 0.336 e. The van der Waals surface area contributed by atoms with Gasteiger partial charge in [-0.25, -0.2) is 9.59 Å². The molecule has 1 aliphatic rings. The lowest BCUT2D eigenvalue weighted by Crippen LogP contribution is -2.35. The van der Waals surface area contributed by atoms with Crippen molar-refractivity contribution in [1.29, 1.82) is 0 Å². The third-order valence-electron chi connectivity index (χ3n) is 5.60. The number of esters is 2. The molecule has 8 heteroatoms. The van der Waals surface area contributed by atoms with Crippen LogP contribution in [0.1, 0.15) is 30.9 Å². The minimum Gasteiger partial charge on any atom is -0.466 e.